The quantitative estimate of drug-likeness (QED) is 0.376. The van der Waals surface area contributed by atoms with Crippen molar-refractivity contribution in [1.82, 2.24) is 5.32 Å². The summed E-state index contributed by atoms with van der Waals surface area (Å²) in [4.78, 5) is 10.4. The molecule has 0 saturated carbocycles. The third-order valence-corrected chi connectivity index (χ3v) is 0.875. The van der Waals surface area contributed by atoms with E-state index in [1.165, 1.54) is 0 Å². The molecule has 2 N–H and O–H groups in total. The molecule has 0 amide bonds. The average Bonchev–Trinajstić information content (AvgIpc) is 2.13. The minimum atomic E-state index is -2.09. The summed E-state index contributed by atoms with van der Waals surface area (Å²) in [5.41, 5.74) is 0. The smallest absolute Gasteiger partial charge is 0.320 e. The van der Waals surface area contributed by atoms with Gasteiger partial charge in [0.25, 0.3) is 0 Å². The molecule has 1 fully saturated rings. The van der Waals surface area contributed by atoms with Crippen LogP contribution in [-0.2, 0) is 4.79 Å². The molecule has 1 aliphatic rings. The van der Waals surface area contributed by atoms with Crippen molar-refractivity contribution in [1.29, 1.82) is 0 Å². The van der Waals surface area contributed by atoms with Crippen LogP contribution in [0, 0.1) is 0 Å². The highest BCUT2D eigenvalue weighted by molar-refractivity contribution is 5.73. The normalized spacial score (nSPS) is 60.2. The van der Waals surface area contributed by atoms with Crippen molar-refractivity contribution in [2.45, 2.75) is 18.8 Å². The first-order valence-corrected chi connectivity index (χ1v) is 2.20. The third-order valence-electron chi connectivity index (χ3n) is 0.875. The lowest BCUT2D eigenvalue weighted by molar-refractivity contribution is -0.139. The molecule has 46 valence electrons. The minimum Gasteiger partial charge on any atom is -0.480 e. The zero-order valence-corrected chi connectivity index (χ0v) is 4.09. The van der Waals surface area contributed by atoms with E-state index in [1.54, 1.807) is 0 Å². The fraction of sp³-hybridized carbons (Fsp3) is 0.800. The molecule has 3 nitrogen and oxygen atoms in total. The van der Waals surface area contributed by atoms with Gasteiger partial charge in [0, 0.05) is 5.48 Å². The molecule has 1 aliphatic heterocycles. The van der Waals surface area contributed by atoms with Crippen molar-refractivity contribution >= 4 is 5.97 Å². The van der Waals surface area contributed by atoms with Crippen LogP contribution in [0.2, 0.25) is 0 Å². The van der Waals surface area contributed by atoms with Crippen LogP contribution in [0.4, 0.5) is 0 Å². The summed E-state index contributed by atoms with van der Waals surface area (Å²) in [6.07, 6.45) is -3.51. The molecular formula is C5H9NO2. The van der Waals surface area contributed by atoms with Crippen molar-refractivity contribution in [2.24, 2.45) is 0 Å². The van der Waals surface area contributed by atoms with E-state index in [-0.39, 0.29) is 0 Å². The molecule has 0 aromatic rings. The predicted octanol–water partition coefficient (Wildman–Crippen LogP) is -0.177. The topological polar surface area (TPSA) is 49.3 Å². The Kier molecular flexibility index (Phi) is 0.627. The molecule has 0 radical (unpaired) electrons. The van der Waals surface area contributed by atoms with E-state index < -0.39 is 31.3 Å². The molecule has 0 spiro atoms. The number of rotatable bonds is 1. The first-order chi connectivity index (χ1) is 5.37. The summed E-state index contributed by atoms with van der Waals surface area (Å²) in [5.74, 6) is -1.28. The molecule has 1 saturated heterocycles. The maximum atomic E-state index is 10.4. The lowest BCUT2D eigenvalue weighted by Gasteiger charge is -1.99. The van der Waals surface area contributed by atoms with Crippen LogP contribution in [0.3, 0.4) is 0 Å². The second-order valence-corrected chi connectivity index (χ2v) is 1.46. The Hall–Kier alpha value is -0.570. The summed E-state index contributed by atoms with van der Waals surface area (Å²) in [7, 11) is 0. The van der Waals surface area contributed by atoms with E-state index in [0.29, 0.717) is 0 Å². The molecule has 1 rings (SSSR count). The highest BCUT2D eigenvalue weighted by Crippen LogP contribution is 2.03. The van der Waals surface area contributed by atoms with Gasteiger partial charge >= 0.3 is 5.97 Å². The Morgan fingerprint density at radius 3 is 3.00 bits per heavy atom. The van der Waals surface area contributed by atoms with Crippen LogP contribution in [0.15, 0.2) is 0 Å². The van der Waals surface area contributed by atoms with E-state index in [1.807, 2.05) is 0 Å². The van der Waals surface area contributed by atoms with Gasteiger partial charge in [-0.05, 0) is 19.3 Å². The van der Waals surface area contributed by atoms with Crippen LogP contribution in [0.1, 0.15) is 18.3 Å². The van der Waals surface area contributed by atoms with Crippen LogP contribution >= 0.6 is 0 Å². The number of carbonyl (C=O) groups is 1. The Bertz CT molecular complexity index is 210. The number of carboxylic acids is 1. The summed E-state index contributed by atoms with van der Waals surface area (Å²) in [5, 5.41) is 10.7. The van der Waals surface area contributed by atoms with Gasteiger partial charge in [0.15, 0.2) is 0 Å². The highest BCUT2D eigenvalue weighted by Gasteiger charge is 2.20. The largest absolute Gasteiger partial charge is 0.480 e. The summed E-state index contributed by atoms with van der Waals surface area (Å²) >= 11 is 0. The Labute approximate surface area is 53.3 Å². The minimum absolute atomic E-state index is 1.28. The molecule has 0 aromatic carbocycles. The van der Waals surface area contributed by atoms with E-state index in [2.05, 4.69) is 5.32 Å². The maximum absolute atomic E-state index is 10.4. The zero-order valence-electron chi connectivity index (χ0n) is 8.09. The zero-order chi connectivity index (χ0) is 9.52. The van der Waals surface area contributed by atoms with E-state index >= 15 is 0 Å². The highest BCUT2D eigenvalue weighted by atomic mass is 16.5. The fourth-order valence-electron chi connectivity index (χ4n) is 0.473. The lowest BCUT2D eigenvalue weighted by atomic mass is 10.9. The van der Waals surface area contributed by atoms with Crippen LogP contribution in [0.5, 0.6) is 0 Å². The molecular weight excluding hydrogens is 111 g/mol. The van der Waals surface area contributed by atoms with Gasteiger partial charge in [-0.1, -0.05) is 0 Å². The molecule has 3 atom stereocenters. The number of hydrogen-bond acceptors (Lipinski definition) is 2. The second-order valence-electron chi connectivity index (χ2n) is 1.46. The van der Waals surface area contributed by atoms with Gasteiger partial charge in [0.05, 0.1) is 0 Å². The van der Waals surface area contributed by atoms with E-state index in [4.69, 9.17) is 10.6 Å². The Morgan fingerprint density at radius 2 is 2.75 bits per heavy atom. The van der Waals surface area contributed by atoms with Crippen molar-refractivity contribution in [3.63, 3.8) is 0 Å². The van der Waals surface area contributed by atoms with Gasteiger partial charge < -0.3 is 10.4 Å². The van der Waals surface area contributed by atoms with Crippen LogP contribution in [0.25, 0.3) is 0 Å². The monoisotopic (exact) mass is 124 g/mol. The van der Waals surface area contributed by atoms with E-state index in [9.17, 15) is 4.79 Å². The van der Waals surface area contributed by atoms with Gasteiger partial charge in [-0.2, -0.15) is 0 Å². The van der Waals surface area contributed by atoms with Gasteiger partial charge in [-0.25, -0.2) is 0 Å². The summed E-state index contributed by atoms with van der Waals surface area (Å²) < 4.78 is 28.7. The third kappa shape index (κ3) is 0.980. The van der Waals surface area contributed by atoms with E-state index in [0.717, 1.165) is 0 Å². The number of hydrogen-bond donors (Lipinski definition) is 2. The molecule has 0 bridgehead atoms. The van der Waals surface area contributed by atoms with Crippen molar-refractivity contribution in [2.75, 3.05) is 6.52 Å². The van der Waals surface area contributed by atoms with Gasteiger partial charge in [0.2, 0.25) is 0 Å². The lowest BCUT2D eigenvalue weighted by Crippen LogP contribution is -2.29. The maximum Gasteiger partial charge on any atom is 0.320 e. The van der Waals surface area contributed by atoms with Crippen molar-refractivity contribution < 1.29 is 15.4 Å². The number of aliphatic carboxylic acids is 1. The molecule has 0 aliphatic carbocycles. The van der Waals surface area contributed by atoms with Crippen LogP contribution in [-0.4, -0.2) is 23.6 Å². The van der Waals surface area contributed by atoms with Crippen molar-refractivity contribution in [3.8, 4) is 0 Å². The SMILES string of the molecule is [2H][13CH]1[15NH][13C@H]([13C](=O)O)[13CH]([2H])[12C]1([2H])[2H]. The second kappa shape index (κ2) is 2.13. The van der Waals surface area contributed by atoms with Gasteiger partial charge in [-0.15, -0.1) is 0 Å². The number of nitrogens with one attached hydrogen (secondary N) is 1. The van der Waals surface area contributed by atoms with Crippen molar-refractivity contribution in [3.05, 3.63) is 0 Å². The summed E-state index contributed by atoms with van der Waals surface area (Å²) in [6, 6.07) is -1.28. The fourth-order valence-corrected chi connectivity index (χ4v) is 0.473. The summed E-state index contributed by atoms with van der Waals surface area (Å²) in [6.45, 7) is -1.33. The number of carboxylic acid groups (broad SMARTS) is 1. The Morgan fingerprint density at radius 1 is 2.00 bits per heavy atom. The van der Waals surface area contributed by atoms with Crippen LogP contribution < -0.4 is 5.32 Å². The molecule has 2 unspecified atom stereocenters. The Balaban J connectivity index is 2.83. The average molecular weight is 124 g/mol. The molecule has 3 heteroatoms. The standard InChI is InChI=1S/C5H9NO2/c7-5(8)4-2-1-3-6-4/h4,6H,1-3H2,(H,7,8)/t4-/m0/s1/i1+0D2,2+1D,3+1D,4+1,5+1,6+1/t2?,3?,4-. The molecule has 0 aromatic heterocycles. The molecule has 8 heavy (non-hydrogen) atoms. The molecule has 1 heterocycles. The predicted molar refractivity (Wildman–Crippen MR) is 28.7 cm³/mol. The van der Waals surface area contributed by atoms with Gasteiger partial charge in [-0.3, -0.25) is 4.79 Å². The first kappa shape index (κ1) is 2.35. The van der Waals surface area contributed by atoms with Gasteiger partial charge in [0.1, 0.15) is 6.04 Å². The first-order valence-electron chi connectivity index (χ1n) is 4.36.